The van der Waals surface area contributed by atoms with Crippen molar-refractivity contribution in [3.8, 4) is 5.75 Å². The van der Waals surface area contributed by atoms with Crippen LogP contribution in [0.15, 0.2) is 42.5 Å². The van der Waals surface area contributed by atoms with Crippen molar-refractivity contribution in [2.24, 2.45) is 0 Å². The molecule has 3 nitrogen and oxygen atoms in total. The number of nitrogens with one attached hydrogen (secondary N) is 1. The number of amides is 1. The summed E-state index contributed by atoms with van der Waals surface area (Å²) in [5.41, 5.74) is 2.48. The Kier molecular flexibility index (Phi) is 5.45. The minimum absolute atomic E-state index is 0.180. The fourth-order valence-corrected chi connectivity index (χ4v) is 2.52. The lowest BCUT2D eigenvalue weighted by Gasteiger charge is -2.16. The van der Waals surface area contributed by atoms with Crippen molar-refractivity contribution in [1.82, 2.24) is 0 Å². The average Bonchev–Trinajstić information content (AvgIpc) is 2.54. The lowest BCUT2D eigenvalue weighted by atomic mass is 9.97. The van der Waals surface area contributed by atoms with Crippen molar-refractivity contribution < 1.29 is 9.53 Å². The van der Waals surface area contributed by atoms with Crippen LogP contribution in [0.5, 0.6) is 5.75 Å². The van der Waals surface area contributed by atoms with Crippen molar-refractivity contribution in [2.75, 3.05) is 12.4 Å². The molecule has 0 heterocycles. The Hall–Kier alpha value is -2.00. The maximum atomic E-state index is 12.4. The Morgan fingerprint density at radius 3 is 2.64 bits per heavy atom. The summed E-state index contributed by atoms with van der Waals surface area (Å²) in [6, 6.07) is 12.9. The molecule has 0 bridgehead atoms. The number of ether oxygens (including phenoxy) is 1. The van der Waals surface area contributed by atoms with Gasteiger partial charge < -0.3 is 10.1 Å². The van der Waals surface area contributed by atoms with Crippen LogP contribution >= 0.6 is 11.6 Å². The number of hydrogen-bond acceptors (Lipinski definition) is 2. The predicted octanol–water partition coefficient (Wildman–Crippen LogP) is 5.11. The molecule has 1 amide bonds. The predicted molar refractivity (Wildman–Crippen MR) is 91.1 cm³/mol. The second kappa shape index (κ2) is 7.32. The van der Waals surface area contributed by atoms with Crippen LogP contribution in [0.1, 0.15) is 42.1 Å². The third-order valence-electron chi connectivity index (χ3n) is 3.77. The minimum Gasteiger partial charge on any atom is -0.495 e. The van der Waals surface area contributed by atoms with Crippen molar-refractivity contribution in [3.63, 3.8) is 0 Å². The first-order valence-corrected chi connectivity index (χ1v) is 7.68. The molecule has 1 atom stereocenters. The lowest BCUT2D eigenvalue weighted by molar-refractivity contribution is 0.102. The Balaban J connectivity index is 2.24. The van der Waals surface area contributed by atoms with Gasteiger partial charge in [0.2, 0.25) is 0 Å². The fourth-order valence-electron chi connectivity index (χ4n) is 2.26. The molecule has 2 aromatic carbocycles. The second-order valence-electron chi connectivity index (χ2n) is 5.20. The van der Waals surface area contributed by atoms with E-state index >= 15 is 0 Å². The van der Waals surface area contributed by atoms with E-state index in [0.717, 1.165) is 17.7 Å². The van der Waals surface area contributed by atoms with E-state index in [-0.39, 0.29) is 5.91 Å². The van der Waals surface area contributed by atoms with Gasteiger partial charge in [0, 0.05) is 11.3 Å². The summed E-state index contributed by atoms with van der Waals surface area (Å²) in [5, 5.41) is 3.39. The standard InChI is InChI=1S/C18H20ClNO2/c1-4-12(2)14-7-5-6-8-16(14)20-18(21)13-9-10-17(22-3)15(19)11-13/h5-12H,4H2,1-3H3,(H,20,21). The zero-order valence-corrected chi connectivity index (χ0v) is 13.8. The summed E-state index contributed by atoms with van der Waals surface area (Å²) >= 11 is 6.08. The molecule has 22 heavy (non-hydrogen) atoms. The van der Waals surface area contributed by atoms with Gasteiger partial charge in [0.05, 0.1) is 12.1 Å². The first-order chi connectivity index (χ1) is 10.6. The largest absolute Gasteiger partial charge is 0.495 e. The molecule has 2 aromatic rings. The quantitative estimate of drug-likeness (QED) is 0.831. The highest BCUT2D eigenvalue weighted by molar-refractivity contribution is 6.32. The van der Waals surface area contributed by atoms with Crippen LogP contribution in [0.25, 0.3) is 0 Å². The highest BCUT2D eigenvalue weighted by atomic mass is 35.5. The van der Waals surface area contributed by atoms with Gasteiger partial charge in [-0.25, -0.2) is 0 Å². The summed E-state index contributed by atoms with van der Waals surface area (Å²) in [6.07, 6.45) is 1.02. The maximum Gasteiger partial charge on any atom is 0.255 e. The van der Waals surface area contributed by atoms with Crippen LogP contribution in [0, 0.1) is 0 Å². The Morgan fingerprint density at radius 1 is 1.27 bits per heavy atom. The molecule has 0 saturated heterocycles. The van der Waals surface area contributed by atoms with E-state index in [1.54, 1.807) is 25.3 Å². The van der Waals surface area contributed by atoms with Crippen LogP contribution in [-0.2, 0) is 0 Å². The van der Waals surface area contributed by atoms with E-state index in [1.807, 2.05) is 24.3 Å². The third-order valence-corrected chi connectivity index (χ3v) is 4.06. The van der Waals surface area contributed by atoms with E-state index in [4.69, 9.17) is 16.3 Å². The van der Waals surface area contributed by atoms with Crippen LogP contribution in [0.4, 0.5) is 5.69 Å². The van der Waals surface area contributed by atoms with E-state index in [1.165, 1.54) is 0 Å². The van der Waals surface area contributed by atoms with Crippen molar-refractivity contribution in [2.45, 2.75) is 26.2 Å². The molecule has 0 aliphatic heterocycles. The molecule has 0 fully saturated rings. The summed E-state index contributed by atoms with van der Waals surface area (Å²) in [7, 11) is 1.54. The van der Waals surface area contributed by atoms with Gasteiger partial charge in [0.1, 0.15) is 5.75 Å². The van der Waals surface area contributed by atoms with E-state index < -0.39 is 0 Å². The fraction of sp³-hybridized carbons (Fsp3) is 0.278. The van der Waals surface area contributed by atoms with Crippen LogP contribution < -0.4 is 10.1 Å². The Labute approximate surface area is 136 Å². The Bertz CT molecular complexity index is 670. The molecule has 0 aromatic heterocycles. The van der Waals surface area contributed by atoms with Gasteiger partial charge in [-0.3, -0.25) is 4.79 Å². The van der Waals surface area contributed by atoms with E-state index in [2.05, 4.69) is 19.2 Å². The molecule has 1 N–H and O–H groups in total. The first-order valence-electron chi connectivity index (χ1n) is 7.30. The SMILES string of the molecule is CCC(C)c1ccccc1NC(=O)c1ccc(OC)c(Cl)c1. The molecule has 4 heteroatoms. The number of hydrogen-bond donors (Lipinski definition) is 1. The number of benzene rings is 2. The van der Waals surface area contributed by atoms with Crippen LogP contribution in [0.3, 0.4) is 0 Å². The summed E-state index contributed by atoms with van der Waals surface area (Å²) in [6.45, 7) is 4.28. The monoisotopic (exact) mass is 317 g/mol. The number of methoxy groups -OCH3 is 1. The molecule has 0 saturated carbocycles. The number of carbonyl (C=O) groups excluding carboxylic acids is 1. The summed E-state index contributed by atoms with van der Waals surface area (Å²) < 4.78 is 5.10. The summed E-state index contributed by atoms with van der Waals surface area (Å²) in [4.78, 5) is 12.4. The van der Waals surface area contributed by atoms with Gasteiger partial charge >= 0.3 is 0 Å². The molecular formula is C18H20ClNO2. The average molecular weight is 318 g/mol. The van der Waals surface area contributed by atoms with Crippen molar-refractivity contribution in [3.05, 3.63) is 58.6 Å². The number of para-hydroxylation sites is 1. The number of carbonyl (C=O) groups is 1. The molecule has 0 aliphatic rings. The van der Waals surface area contributed by atoms with Crippen molar-refractivity contribution in [1.29, 1.82) is 0 Å². The van der Waals surface area contributed by atoms with Gasteiger partial charge in [0.15, 0.2) is 0 Å². The Morgan fingerprint density at radius 2 is 2.00 bits per heavy atom. The maximum absolute atomic E-state index is 12.4. The number of anilines is 1. The zero-order chi connectivity index (χ0) is 16.1. The highest BCUT2D eigenvalue weighted by Crippen LogP contribution is 2.28. The van der Waals surface area contributed by atoms with Gasteiger partial charge in [-0.2, -0.15) is 0 Å². The molecule has 2 rings (SSSR count). The van der Waals surface area contributed by atoms with Gasteiger partial charge in [-0.15, -0.1) is 0 Å². The highest BCUT2D eigenvalue weighted by Gasteiger charge is 2.13. The molecule has 0 radical (unpaired) electrons. The number of rotatable bonds is 5. The summed E-state index contributed by atoms with van der Waals surface area (Å²) in [5.74, 6) is 0.759. The molecule has 0 spiro atoms. The van der Waals surface area contributed by atoms with Gasteiger partial charge in [-0.1, -0.05) is 43.6 Å². The molecular weight excluding hydrogens is 298 g/mol. The smallest absolute Gasteiger partial charge is 0.255 e. The molecule has 1 unspecified atom stereocenters. The van der Waals surface area contributed by atoms with E-state index in [0.29, 0.717) is 22.3 Å². The topological polar surface area (TPSA) is 38.3 Å². The number of halogens is 1. The lowest BCUT2D eigenvalue weighted by Crippen LogP contribution is -2.14. The first kappa shape index (κ1) is 16.4. The second-order valence-corrected chi connectivity index (χ2v) is 5.61. The van der Waals surface area contributed by atoms with Gasteiger partial charge in [0.25, 0.3) is 5.91 Å². The van der Waals surface area contributed by atoms with Gasteiger partial charge in [-0.05, 0) is 42.2 Å². The molecule has 116 valence electrons. The normalized spacial score (nSPS) is 11.8. The minimum atomic E-state index is -0.180. The molecule has 0 aliphatic carbocycles. The zero-order valence-electron chi connectivity index (χ0n) is 13.0. The van der Waals surface area contributed by atoms with Crippen LogP contribution in [0.2, 0.25) is 5.02 Å². The van der Waals surface area contributed by atoms with Crippen LogP contribution in [-0.4, -0.2) is 13.0 Å². The third kappa shape index (κ3) is 3.60. The van der Waals surface area contributed by atoms with Crippen molar-refractivity contribution >= 4 is 23.2 Å². The van der Waals surface area contributed by atoms with E-state index in [9.17, 15) is 4.79 Å².